The van der Waals surface area contributed by atoms with E-state index in [0.717, 1.165) is 22.5 Å². The van der Waals surface area contributed by atoms with Crippen LogP contribution in [0.3, 0.4) is 0 Å². The molecule has 1 unspecified atom stereocenters. The lowest BCUT2D eigenvalue weighted by Gasteiger charge is -2.16. The van der Waals surface area contributed by atoms with E-state index >= 15 is 0 Å². The van der Waals surface area contributed by atoms with E-state index in [4.69, 9.17) is 0 Å². The molecular weight excluding hydrogens is 224 g/mol. The summed E-state index contributed by atoms with van der Waals surface area (Å²) in [5.74, 6) is 0. The van der Waals surface area contributed by atoms with E-state index in [9.17, 15) is 5.11 Å². The van der Waals surface area contributed by atoms with Gasteiger partial charge in [-0.2, -0.15) is 0 Å². The standard InChI is InChI=1S/C15H20N2O/c1-10-5-6-14(11(2)7-10)15(18)8-17-9-16-12(3)13(17)4/h5-7,9,15,18H,8H2,1-4H3. The van der Waals surface area contributed by atoms with Crippen LogP contribution >= 0.6 is 0 Å². The summed E-state index contributed by atoms with van der Waals surface area (Å²) in [4.78, 5) is 4.25. The summed E-state index contributed by atoms with van der Waals surface area (Å²) in [6.07, 6.45) is 1.30. The maximum Gasteiger partial charge on any atom is 0.0971 e. The molecule has 3 nitrogen and oxygen atoms in total. The summed E-state index contributed by atoms with van der Waals surface area (Å²) in [6, 6.07) is 6.15. The molecule has 2 rings (SSSR count). The molecule has 1 aromatic heterocycles. The Labute approximate surface area is 108 Å². The van der Waals surface area contributed by atoms with E-state index in [0.29, 0.717) is 6.54 Å². The molecule has 2 aromatic rings. The third-order valence-corrected chi connectivity index (χ3v) is 3.50. The van der Waals surface area contributed by atoms with E-state index in [1.54, 1.807) is 6.33 Å². The van der Waals surface area contributed by atoms with Crippen molar-refractivity contribution in [2.24, 2.45) is 0 Å². The Bertz CT molecular complexity index is 558. The van der Waals surface area contributed by atoms with Crippen molar-refractivity contribution in [2.45, 2.75) is 40.3 Å². The van der Waals surface area contributed by atoms with Gasteiger partial charge in [0.05, 0.1) is 24.7 Å². The first kappa shape index (κ1) is 12.8. The summed E-state index contributed by atoms with van der Waals surface area (Å²) in [6.45, 7) is 8.66. The van der Waals surface area contributed by atoms with Gasteiger partial charge in [0.1, 0.15) is 0 Å². The molecule has 0 spiro atoms. The Balaban J connectivity index is 2.22. The second kappa shape index (κ2) is 4.94. The van der Waals surface area contributed by atoms with Gasteiger partial charge in [0.2, 0.25) is 0 Å². The highest BCUT2D eigenvalue weighted by molar-refractivity contribution is 5.32. The van der Waals surface area contributed by atoms with Crippen molar-refractivity contribution >= 4 is 0 Å². The minimum atomic E-state index is -0.488. The number of imidazole rings is 1. The molecule has 3 heteroatoms. The highest BCUT2D eigenvalue weighted by Gasteiger charge is 2.13. The monoisotopic (exact) mass is 244 g/mol. The third-order valence-electron chi connectivity index (χ3n) is 3.50. The SMILES string of the molecule is Cc1ccc(C(O)Cn2cnc(C)c2C)c(C)c1. The van der Waals surface area contributed by atoms with Gasteiger partial charge in [-0.05, 0) is 38.8 Å². The molecule has 18 heavy (non-hydrogen) atoms. The normalized spacial score (nSPS) is 12.7. The molecule has 0 aliphatic carbocycles. The first-order valence-electron chi connectivity index (χ1n) is 6.22. The van der Waals surface area contributed by atoms with Crippen LogP contribution in [0.4, 0.5) is 0 Å². The first-order valence-corrected chi connectivity index (χ1v) is 6.22. The third kappa shape index (κ3) is 2.46. The quantitative estimate of drug-likeness (QED) is 0.901. The number of aliphatic hydroxyl groups is 1. The lowest BCUT2D eigenvalue weighted by atomic mass is 10.0. The van der Waals surface area contributed by atoms with Gasteiger partial charge in [0.25, 0.3) is 0 Å². The summed E-state index contributed by atoms with van der Waals surface area (Å²) in [7, 11) is 0. The Morgan fingerprint density at radius 2 is 1.94 bits per heavy atom. The topological polar surface area (TPSA) is 38.0 Å². The molecule has 0 fully saturated rings. The molecule has 0 saturated heterocycles. The van der Waals surface area contributed by atoms with Crippen LogP contribution in [-0.4, -0.2) is 14.7 Å². The maximum atomic E-state index is 10.3. The molecule has 1 aromatic carbocycles. The molecule has 96 valence electrons. The maximum absolute atomic E-state index is 10.3. The van der Waals surface area contributed by atoms with Gasteiger partial charge in [-0.25, -0.2) is 4.98 Å². The molecule has 0 bridgehead atoms. The lowest BCUT2D eigenvalue weighted by Crippen LogP contribution is -2.10. The fourth-order valence-corrected chi connectivity index (χ4v) is 2.21. The minimum absolute atomic E-state index is 0.488. The zero-order valence-electron chi connectivity index (χ0n) is 11.4. The summed E-state index contributed by atoms with van der Waals surface area (Å²) >= 11 is 0. The second-order valence-corrected chi connectivity index (χ2v) is 4.94. The predicted molar refractivity (Wildman–Crippen MR) is 72.6 cm³/mol. The zero-order valence-corrected chi connectivity index (χ0v) is 11.4. The fourth-order valence-electron chi connectivity index (χ4n) is 2.21. The molecule has 0 radical (unpaired) electrons. The highest BCUT2D eigenvalue weighted by Crippen LogP contribution is 2.21. The van der Waals surface area contributed by atoms with Crippen molar-refractivity contribution in [2.75, 3.05) is 0 Å². The average Bonchev–Trinajstić information content (AvgIpc) is 2.61. The fraction of sp³-hybridized carbons (Fsp3) is 0.400. The van der Waals surface area contributed by atoms with Crippen LogP contribution in [0, 0.1) is 27.7 Å². The largest absolute Gasteiger partial charge is 0.387 e. The first-order chi connectivity index (χ1) is 8.49. The van der Waals surface area contributed by atoms with Gasteiger partial charge in [-0.15, -0.1) is 0 Å². The number of aliphatic hydroxyl groups excluding tert-OH is 1. The molecule has 0 aliphatic heterocycles. The van der Waals surface area contributed by atoms with Crippen LogP contribution in [0.1, 0.15) is 34.2 Å². The molecule has 0 amide bonds. The van der Waals surface area contributed by atoms with E-state index < -0.39 is 6.10 Å². The minimum Gasteiger partial charge on any atom is -0.387 e. The molecule has 0 saturated carbocycles. The van der Waals surface area contributed by atoms with Crippen LogP contribution in [0.25, 0.3) is 0 Å². The van der Waals surface area contributed by atoms with E-state index in [1.807, 2.05) is 37.5 Å². The zero-order chi connectivity index (χ0) is 13.3. The van der Waals surface area contributed by atoms with Crippen LogP contribution < -0.4 is 0 Å². The number of nitrogens with zero attached hydrogens (tertiary/aromatic N) is 2. The molecule has 1 atom stereocenters. The van der Waals surface area contributed by atoms with Crippen molar-refractivity contribution in [3.8, 4) is 0 Å². The van der Waals surface area contributed by atoms with Crippen LogP contribution in [0.5, 0.6) is 0 Å². The van der Waals surface area contributed by atoms with Gasteiger partial charge in [-0.1, -0.05) is 23.8 Å². The van der Waals surface area contributed by atoms with E-state index in [-0.39, 0.29) is 0 Å². The number of aryl methyl sites for hydroxylation is 3. The van der Waals surface area contributed by atoms with Gasteiger partial charge in [-0.3, -0.25) is 0 Å². The number of hydrogen-bond donors (Lipinski definition) is 1. The lowest BCUT2D eigenvalue weighted by molar-refractivity contribution is 0.155. The summed E-state index contributed by atoms with van der Waals surface area (Å²) < 4.78 is 2.00. The number of rotatable bonds is 3. The summed E-state index contributed by atoms with van der Waals surface area (Å²) in [5.41, 5.74) is 5.48. The van der Waals surface area contributed by atoms with Crippen molar-refractivity contribution < 1.29 is 5.11 Å². The predicted octanol–water partition coefficient (Wildman–Crippen LogP) is 2.85. The molecule has 1 heterocycles. The van der Waals surface area contributed by atoms with Crippen LogP contribution in [-0.2, 0) is 6.54 Å². The van der Waals surface area contributed by atoms with Crippen molar-refractivity contribution in [1.29, 1.82) is 0 Å². The highest BCUT2D eigenvalue weighted by atomic mass is 16.3. The van der Waals surface area contributed by atoms with Crippen molar-refractivity contribution in [3.63, 3.8) is 0 Å². The van der Waals surface area contributed by atoms with Gasteiger partial charge >= 0.3 is 0 Å². The number of aromatic nitrogens is 2. The Kier molecular flexibility index (Phi) is 3.53. The smallest absolute Gasteiger partial charge is 0.0971 e. The summed E-state index contributed by atoms with van der Waals surface area (Å²) in [5, 5.41) is 10.3. The van der Waals surface area contributed by atoms with E-state index in [2.05, 4.69) is 18.0 Å². The van der Waals surface area contributed by atoms with Gasteiger partial charge in [0.15, 0.2) is 0 Å². The van der Waals surface area contributed by atoms with Crippen molar-refractivity contribution in [1.82, 2.24) is 9.55 Å². The molecular formula is C15H20N2O. The second-order valence-electron chi connectivity index (χ2n) is 4.94. The average molecular weight is 244 g/mol. The Morgan fingerprint density at radius 3 is 2.50 bits per heavy atom. The van der Waals surface area contributed by atoms with Gasteiger partial charge in [0, 0.05) is 5.69 Å². The molecule has 0 aliphatic rings. The molecule has 1 N–H and O–H groups in total. The van der Waals surface area contributed by atoms with Gasteiger partial charge < -0.3 is 9.67 Å². The number of benzene rings is 1. The Morgan fingerprint density at radius 1 is 1.22 bits per heavy atom. The van der Waals surface area contributed by atoms with Crippen molar-refractivity contribution in [3.05, 3.63) is 52.6 Å². The number of hydrogen-bond acceptors (Lipinski definition) is 2. The Hall–Kier alpha value is -1.61. The van der Waals surface area contributed by atoms with Crippen LogP contribution in [0.2, 0.25) is 0 Å². The van der Waals surface area contributed by atoms with Crippen LogP contribution in [0.15, 0.2) is 24.5 Å². The van der Waals surface area contributed by atoms with E-state index in [1.165, 1.54) is 5.56 Å².